The van der Waals surface area contributed by atoms with Crippen LogP contribution in [0.5, 0.6) is 0 Å². The number of hydrogen-bond acceptors (Lipinski definition) is 4. The van der Waals surface area contributed by atoms with Crippen molar-refractivity contribution in [2.24, 2.45) is 0 Å². The third-order valence-electron chi connectivity index (χ3n) is 2.80. The van der Waals surface area contributed by atoms with Crippen LogP contribution in [0.4, 0.5) is 5.13 Å². The average molecular weight is 291 g/mol. The summed E-state index contributed by atoms with van der Waals surface area (Å²) < 4.78 is 0.901. The normalized spacial score (nSPS) is 27.8. The van der Waals surface area contributed by atoms with E-state index in [4.69, 9.17) is 0 Å². The van der Waals surface area contributed by atoms with Gasteiger partial charge in [0, 0.05) is 18.5 Å². The van der Waals surface area contributed by atoms with E-state index in [0.717, 1.165) is 42.1 Å². The van der Waals surface area contributed by atoms with Gasteiger partial charge in [0.05, 0.1) is 5.60 Å². The van der Waals surface area contributed by atoms with Crippen molar-refractivity contribution >= 4 is 32.4 Å². The van der Waals surface area contributed by atoms with Gasteiger partial charge in [-0.15, -0.1) is 11.3 Å². The second kappa shape index (κ2) is 4.39. The molecule has 3 nitrogen and oxygen atoms in total. The maximum Gasteiger partial charge on any atom is 0.186 e. The van der Waals surface area contributed by atoms with Crippen LogP contribution in [0.25, 0.3) is 0 Å². The molecule has 0 bridgehead atoms. The fraction of sp³-hybridized carbons (Fsp3) is 0.700. The summed E-state index contributed by atoms with van der Waals surface area (Å²) in [4.78, 5) is 6.66. The molecule has 2 heterocycles. The average Bonchev–Trinajstić information content (AvgIpc) is 2.49. The standard InChI is InChI=1S/C10H15BrN2OS/c1-10(14)3-2-5-13(6-4-10)9-12-8(11)7-15-9/h7,14H,2-6H2,1H3. The number of nitrogens with zero attached hydrogens (tertiary/aromatic N) is 2. The Balaban J connectivity index is 2.05. The first-order valence-electron chi connectivity index (χ1n) is 5.15. The second-order valence-electron chi connectivity index (χ2n) is 4.29. The molecule has 1 aliphatic heterocycles. The van der Waals surface area contributed by atoms with Crippen LogP contribution in [0.15, 0.2) is 9.98 Å². The lowest BCUT2D eigenvalue weighted by atomic mass is 9.98. The Morgan fingerprint density at radius 2 is 2.33 bits per heavy atom. The Bertz CT molecular complexity index is 340. The van der Waals surface area contributed by atoms with Crippen LogP contribution in [0.1, 0.15) is 26.2 Å². The maximum atomic E-state index is 9.97. The van der Waals surface area contributed by atoms with Gasteiger partial charge in [-0.3, -0.25) is 0 Å². The quantitative estimate of drug-likeness (QED) is 0.864. The summed E-state index contributed by atoms with van der Waals surface area (Å²) in [6, 6.07) is 0. The van der Waals surface area contributed by atoms with Gasteiger partial charge in [-0.25, -0.2) is 4.98 Å². The lowest BCUT2D eigenvalue weighted by Crippen LogP contribution is -2.28. The molecule has 0 saturated carbocycles. The minimum atomic E-state index is -0.497. The summed E-state index contributed by atoms with van der Waals surface area (Å²) in [5.41, 5.74) is -0.497. The van der Waals surface area contributed by atoms with Gasteiger partial charge in [0.15, 0.2) is 5.13 Å². The summed E-state index contributed by atoms with van der Waals surface area (Å²) in [5, 5.41) is 13.0. The van der Waals surface area contributed by atoms with Gasteiger partial charge in [0.1, 0.15) is 4.60 Å². The molecular weight excluding hydrogens is 276 g/mol. The highest BCUT2D eigenvalue weighted by molar-refractivity contribution is 9.10. The van der Waals surface area contributed by atoms with Crippen molar-refractivity contribution in [3.8, 4) is 0 Å². The SMILES string of the molecule is CC1(O)CCCN(c2nc(Br)cs2)CC1. The predicted molar refractivity (Wildman–Crippen MR) is 66.5 cm³/mol. The van der Waals surface area contributed by atoms with Crippen LogP contribution in [-0.2, 0) is 0 Å². The monoisotopic (exact) mass is 290 g/mol. The van der Waals surface area contributed by atoms with E-state index in [2.05, 4.69) is 25.8 Å². The molecule has 1 saturated heterocycles. The van der Waals surface area contributed by atoms with E-state index in [1.54, 1.807) is 11.3 Å². The minimum Gasteiger partial charge on any atom is -0.390 e. The minimum absolute atomic E-state index is 0.497. The van der Waals surface area contributed by atoms with Gasteiger partial charge in [-0.05, 0) is 42.1 Å². The molecule has 1 N–H and O–H groups in total. The van der Waals surface area contributed by atoms with E-state index in [1.807, 2.05) is 12.3 Å². The topological polar surface area (TPSA) is 36.4 Å². The molecule has 1 unspecified atom stereocenters. The van der Waals surface area contributed by atoms with Crippen LogP contribution in [0, 0.1) is 0 Å². The van der Waals surface area contributed by atoms with E-state index in [-0.39, 0.29) is 0 Å². The van der Waals surface area contributed by atoms with Crippen LogP contribution in [0.2, 0.25) is 0 Å². The predicted octanol–water partition coefficient (Wildman–Crippen LogP) is 2.65. The zero-order chi connectivity index (χ0) is 10.9. The highest BCUT2D eigenvalue weighted by Crippen LogP contribution is 2.28. The van der Waals surface area contributed by atoms with Gasteiger partial charge in [-0.2, -0.15) is 0 Å². The number of rotatable bonds is 1. The number of anilines is 1. The van der Waals surface area contributed by atoms with Crippen molar-refractivity contribution in [1.29, 1.82) is 0 Å². The first kappa shape index (κ1) is 11.4. The molecule has 5 heteroatoms. The van der Waals surface area contributed by atoms with Gasteiger partial charge in [-0.1, -0.05) is 0 Å². The van der Waals surface area contributed by atoms with Gasteiger partial charge in [0.2, 0.25) is 0 Å². The molecule has 0 radical (unpaired) electrons. The van der Waals surface area contributed by atoms with Crippen LogP contribution >= 0.6 is 27.3 Å². The van der Waals surface area contributed by atoms with E-state index in [9.17, 15) is 5.11 Å². The van der Waals surface area contributed by atoms with Gasteiger partial charge in [0.25, 0.3) is 0 Å². The summed E-state index contributed by atoms with van der Waals surface area (Å²) in [5.74, 6) is 0. The molecule has 0 amide bonds. The van der Waals surface area contributed by atoms with Crippen molar-refractivity contribution < 1.29 is 5.11 Å². The molecule has 0 aromatic carbocycles. The molecule has 2 rings (SSSR count). The number of aromatic nitrogens is 1. The fourth-order valence-corrected chi connectivity index (χ4v) is 3.15. The molecule has 0 spiro atoms. The first-order valence-corrected chi connectivity index (χ1v) is 6.82. The molecule has 1 aromatic rings. The Hall–Kier alpha value is -0.130. The Morgan fingerprint density at radius 3 is 3.00 bits per heavy atom. The number of hydrogen-bond donors (Lipinski definition) is 1. The fourth-order valence-electron chi connectivity index (χ4n) is 1.85. The molecule has 0 aliphatic carbocycles. The number of aliphatic hydroxyl groups is 1. The Kier molecular flexibility index (Phi) is 3.33. The van der Waals surface area contributed by atoms with Crippen molar-refractivity contribution in [3.63, 3.8) is 0 Å². The Morgan fingerprint density at radius 1 is 1.53 bits per heavy atom. The number of thiazole rings is 1. The highest BCUT2D eigenvalue weighted by atomic mass is 79.9. The van der Waals surface area contributed by atoms with E-state index in [1.165, 1.54) is 0 Å². The van der Waals surface area contributed by atoms with Crippen LogP contribution < -0.4 is 4.90 Å². The summed E-state index contributed by atoms with van der Waals surface area (Å²) in [6.07, 6.45) is 2.74. The number of halogens is 1. The Labute approximate surface area is 102 Å². The maximum absolute atomic E-state index is 9.97. The van der Waals surface area contributed by atoms with Gasteiger partial charge >= 0.3 is 0 Å². The summed E-state index contributed by atoms with van der Waals surface area (Å²) >= 11 is 5.02. The summed E-state index contributed by atoms with van der Waals surface area (Å²) in [7, 11) is 0. The van der Waals surface area contributed by atoms with Crippen molar-refractivity contribution in [3.05, 3.63) is 9.98 Å². The molecule has 1 aliphatic rings. The lowest BCUT2D eigenvalue weighted by Gasteiger charge is -2.21. The highest BCUT2D eigenvalue weighted by Gasteiger charge is 2.25. The van der Waals surface area contributed by atoms with Crippen molar-refractivity contribution in [2.45, 2.75) is 31.8 Å². The smallest absolute Gasteiger partial charge is 0.186 e. The third kappa shape index (κ3) is 2.92. The lowest BCUT2D eigenvalue weighted by molar-refractivity contribution is 0.0481. The van der Waals surface area contributed by atoms with Crippen molar-refractivity contribution in [2.75, 3.05) is 18.0 Å². The third-order valence-corrected chi connectivity index (χ3v) is 4.41. The molecule has 84 valence electrons. The summed E-state index contributed by atoms with van der Waals surface area (Å²) in [6.45, 7) is 3.82. The van der Waals surface area contributed by atoms with Crippen LogP contribution in [-0.4, -0.2) is 28.8 Å². The molecule has 15 heavy (non-hydrogen) atoms. The second-order valence-corrected chi connectivity index (χ2v) is 5.94. The van der Waals surface area contributed by atoms with Crippen LogP contribution in [0.3, 0.4) is 0 Å². The first-order chi connectivity index (χ1) is 7.07. The van der Waals surface area contributed by atoms with Crippen molar-refractivity contribution in [1.82, 2.24) is 4.98 Å². The van der Waals surface area contributed by atoms with E-state index in [0.29, 0.717) is 0 Å². The zero-order valence-electron chi connectivity index (χ0n) is 8.74. The van der Waals surface area contributed by atoms with E-state index >= 15 is 0 Å². The largest absolute Gasteiger partial charge is 0.390 e. The molecule has 1 fully saturated rings. The zero-order valence-corrected chi connectivity index (χ0v) is 11.1. The molecular formula is C10H15BrN2OS. The molecule has 1 aromatic heterocycles. The van der Waals surface area contributed by atoms with Gasteiger partial charge < -0.3 is 10.0 Å². The molecule has 1 atom stereocenters. The van der Waals surface area contributed by atoms with E-state index < -0.39 is 5.60 Å².